The van der Waals surface area contributed by atoms with Crippen LogP contribution in [0.4, 0.5) is 9.18 Å². The fourth-order valence-corrected chi connectivity index (χ4v) is 1.71. The number of unbranched alkanes of at least 4 members (excludes halogenated alkanes) is 1. The number of carbonyl (C=O) groups excluding carboxylic acids is 1. The molecule has 1 rings (SSSR count). The third-order valence-corrected chi connectivity index (χ3v) is 2.67. The second-order valence-corrected chi connectivity index (χ2v) is 5.93. The zero-order valence-electron chi connectivity index (χ0n) is 13.5. The second-order valence-electron chi connectivity index (χ2n) is 5.93. The average Bonchev–Trinajstić information content (AvgIpc) is 2.40. The van der Waals surface area contributed by atoms with Crippen LogP contribution >= 0.6 is 0 Å². The summed E-state index contributed by atoms with van der Waals surface area (Å²) in [7, 11) is 0. The minimum absolute atomic E-state index is 0.00222. The van der Waals surface area contributed by atoms with E-state index in [1.165, 1.54) is 0 Å². The summed E-state index contributed by atoms with van der Waals surface area (Å²) in [4.78, 5) is 22.4. The van der Waals surface area contributed by atoms with Gasteiger partial charge in [0, 0.05) is 12.6 Å². The number of amides is 1. The molecule has 1 aromatic carbocycles. The van der Waals surface area contributed by atoms with Crippen LogP contribution in [0.2, 0.25) is 0 Å². The first-order valence-corrected chi connectivity index (χ1v) is 7.31. The van der Waals surface area contributed by atoms with Gasteiger partial charge in [0.1, 0.15) is 22.7 Å². The maximum absolute atomic E-state index is 13.1. The number of ether oxygens (including phenoxy) is 2. The molecule has 1 amide bonds. The lowest BCUT2D eigenvalue weighted by molar-refractivity contribution is 0.0525. The van der Waals surface area contributed by atoms with Gasteiger partial charge in [-0.05, 0) is 45.7 Å². The number of alkyl carbamates (subject to hydrolysis) is 1. The van der Waals surface area contributed by atoms with Crippen molar-refractivity contribution in [3.63, 3.8) is 0 Å². The van der Waals surface area contributed by atoms with Gasteiger partial charge in [-0.15, -0.1) is 0 Å². The Labute approximate surface area is 134 Å². The zero-order valence-corrected chi connectivity index (χ0v) is 13.5. The summed E-state index contributed by atoms with van der Waals surface area (Å²) in [6.07, 6.45) is 0.708. The lowest BCUT2D eigenvalue weighted by atomic mass is 10.2. The van der Waals surface area contributed by atoms with Crippen molar-refractivity contribution in [2.45, 2.75) is 39.2 Å². The van der Waals surface area contributed by atoms with Crippen molar-refractivity contribution in [2.24, 2.45) is 0 Å². The van der Waals surface area contributed by atoms with Crippen molar-refractivity contribution in [3.05, 3.63) is 29.6 Å². The van der Waals surface area contributed by atoms with Gasteiger partial charge in [0.15, 0.2) is 0 Å². The maximum Gasteiger partial charge on any atom is 0.407 e. The molecule has 0 atom stereocenters. The predicted molar refractivity (Wildman–Crippen MR) is 82.3 cm³/mol. The third kappa shape index (κ3) is 7.49. The lowest BCUT2D eigenvalue weighted by Crippen LogP contribution is -2.33. The fraction of sp³-hybridized carbons (Fsp3) is 0.500. The number of halogens is 1. The average molecular weight is 327 g/mol. The largest absolute Gasteiger partial charge is 0.493 e. The van der Waals surface area contributed by atoms with E-state index in [-0.39, 0.29) is 17.9 Å². The van der Waals surface area contributed by atoms with Gasteiger partial charge in [-0.3, -0.25) is 0 Å². The van der Waals surface area contributed by atoms with Gasteiger partial charge >= 0.3 is 12.1 Å². The number of hydrogen-bond acceptors (Lipinski definition) is 4. The highest BCUT2D eigenvalue weighted by molar-refractivity contribution is 5.90. The second kappa shape index (κ2) is 8.36. The Morgan fingerprint density at radius 1 is 1.26 bits per heavy atom. The minimum Gasteiger partial charge on any atom is -0.493 e. The number of hydrogen-bond donors (Lipinski definition) is 2. The summed E-state index contributed by atoms with van der Waals surface area (Å²) in [5.41, 5.74) is -0.629. The highest BCUT2D eigenvalue weighted by atomic mass is 19.1. The van der Waals surface area contributed by atoms with E-state index in [0.717, 1.165) is 18.2 Å². The van der Waals surface area contributed by atoms with E-state index in [1.807, 2.05) is 0 Å². The molecule has 128 valence electrons. The van der Waals surface area contributed by atoms with Crippen molar-refractivity contribution in [3.8, 4) is 5.75 Å². The summed E-state index contributed by atoms with van der Waals surface area (Å²) in [6, 6.07) is 3.28. The Hall–Kier alpha value is -2.31. The highest BCUT2D eigenvalue weighted by Gasteiger charge is 2.15. The normalized spacial score (nSPS) is 11.0. The first-order valence-electron chi connectivity index (χ1n) is 7.31. The van der Waals surface area contributed by atoms with Crippen LogP contribution in [0.3, 0.4) is 0 Å². The van der Waals surface area contributed by atoms with Crippen molar-refractivity contribution >= 4 is 12.1 Å². The SMILES string of the molecule is CC(C)(C)OC(=O)NCCCCOc1cc(F)ccc1C(=O)O. The van der Waals surface area contributed by atoms with Crippen LogP contribution in [0.25, 0.3) is 0 Å². The molecular weight excluding hydrogens is 305 g/mol. The van der Waals surface area contributed by atoms with Crippen LogP contribution in [0.15, 0.2) is 18.2 Å². The fourth-order valence-electron chi connectivity index (χ4n) is 1.71. The molecule has 0 heterocycles. The third-order valence-electron chi connectivity index (χ3n) is 2.67. The molecule has 2 N–H and O–H groups in total. The number of rotatable bonds is 7. The molecule has 0 aliphatic rings. The molecule has 0 spiro atoms. The van der Waals surface area contributed by atoms with Crippen molar-refractivity contribution in [1.82, 2.24) is 5.32 Å². The van der Waals surface area contributed by atoms with Gasteiger partial charge in [0.2, 0.25) is 0 Å². The van der Waals surface area contributed by atoms with E-state index in [9.17, 15) is 14.0 Å². The van der Waals surface area contributed by atoms with Gasteiger partial charge in [0.05, 0.1) is 6.61 Å². The molecule has 6 nitrogen and oxygen atoms in total. The number of carboxylic acid groups (broad SMARTS) is 1. The molecule has 0 unspecified atom stereocenters. The molecular formula is C16H22FNO5. The predicted octanol–water partition coefficient (Wildman–Crippen LogP) is 3.21. The Balaban J connectivity index is 2.29. The topological polar surface area (TPSA) is 84.9 Å². The van der Waals surface area contributed by atoms with Crippen molar-refractivity contribution in [1.29, 1.82) is 0 Å². The van der Waals surface area contributed by atoms with Crippen LogP contribution < -0.4 is 10.1 Å². The summed E-state index contributed by atoms with van der Waals surface area (Å²) >= 11 is 0. The van der Waals surface area contributed by atoms with Crippen LogP contribution in [0, 0.1) is 5.82 Å². The Morgan fingerprint density at radius 3 is 2.57 bits per heavy atom. The van der Waals surface area contributed by atoms with E-state index in [1.54, 1.807) is 20.8 Å². The standard InChI is InChI=1S/C16H22FNO5/c1-16(2,3)23-15(21)18-8-4-5-9-22-13-10-11(17)6-7-12(13)14(19)20/h6-7,10H,4-5,8-9H2,1-3H3,(H,18,21)(H,19,20). The molecule has 7 heteroatoms. The van der Waals surface area contributed by atoms with E-state index >= 15 is 0 Å². The monoisotopic (exact) mass is 327 g/mol. The van der Waals surface area contributed by atoms with Crippen molar-refractivity contribution in [2.75, 3.05) is 13.2 Å². The van der Waals surface area contributed by atoms with Gasteiger partial charge in [-0.2, -0.15) is 0 Å². The number of aromatic carboxylic acids is 1. The summed E-state index contributed by atoms with van der Waals surface area (Å²) in [5, 5.41) is 11.6. The first kappa shape index (κ1) is 18.7. The molecule has 1 aromatic rings. The molecule has 0 radical (unpaired) electrons. The molecule has 0 fully saturated rings. The number of carbonyl (C=O) groups is 2. The Kier molecular flexibility index (Phi) is 6.81. The smallest absolute Gasteiger partial charge is 0.407 e. The summed E-state index contributed by atoms with van der Waals surface area (Å²) in [5.74, 6) is -1.74. The molecule has 0 saturated carbocycles. The molecule has 0 saturated heterocycles. The van der Waals surface area contributed by atoms with Crippen LogP contribution in [-0.4, -0.2) is 35.9 Å². The molecule has 0 aromatic heterocycles. The van der Waals surface area contributed by atoms with Crippen LogP contribution in [-0.2, 0) is 4.74 Å². The van der Waals surface area contributed by atoms with E-state index in [0.29, 0.717) is 19.4 Å². The molecule has 0 bridgehead atoms. The Morgan fingerprint density at radius 2 is 1.96 bits per heavy atom. The van der Waals surface area contributed by atoms with Crippen LogP contribution in [0.5, 0.6) is 5.75 Å². The molecule has 0 aliphatic carbocycles. The van der Waals surface area contributed by atoms with Gasteiger partial charge in [0.25, 0.3) is 0 Å². The Bertz CT molecular complexity index is 554. The number of nitrogens with one attached hydrogen (secondary N) is 1. The van der Waals surface area contributed by atoms with E-state index < -0.39 is 23.5 Å². The van der Waals surface area contributed by atoms with Crippen LogP contribution in [0.1, 0.15) is 44.0 Å². The first-order chi connectivity index (χ1) is 10.7. The molecule has 23 heavy (non-hydrogen) atoms. The van der Waals surface area contributed by atoms with E-state index in [2.05, 4.69) is 5.32 Å². The minimum atomic E-state index is -1.17. The van der Waals surface area contributed by atoms with Gasteiger partial charge < -0.3 is 19.9 Å². The molecule has 0 aliphatic heterocycles. The lowest BCUT2D eigenvalue weighted by Gasteiger charge is -2.19. The highest BCUT2D eigenvalue weighted by Crippen LogP contribution is 2.20. The summed E-state index contributed by atoms with van der Waals surface area (Å²) in [6.45, 7) is 5.96. The zero-order chi connectivity index (χ0) is 17.5. The number of benzene rings is 1. The van der Waals surface area contributed by atoms with Gasteiger partial charge in [-0.25, -0.2) is 14.0 Å². The number of carboxylic acids is 1. The summed E-state index contributed by atoms with van der Waals surface area (Å²) < 4.78 is 23.5. The maximum atomic E-state index is 13.1. The van der Waals surface area contributed by atoms with Crippen molar-refractivity contribution < 1.29 is 28.6 Å². The quantitative estimate of drug-likeness (QED) is 0.751. The van der Waals surface area contributed by atoms with Gasteiger partial charge in [-0.1, -0.05) is 0 Å². The van der Waals surface area contributed by atoms with E-state index in [4.69, 9.17) is 14.6 Å².